The minimum atomic E-state index is -0.0506. The lowest BCUT2D eigenvalue weighted by Gasteiger charge is -2.35. The van der Waals surface area contributed by atoms with Crippen LogP contribution in [0.25, 0.3) is 0 Å². The van der Waals surface area contributed by atoms with E-state index in [1.807, 2.05) is 20.0 Å². The van der Waals surface area contributed by atoms with Gasteiger partial charge >= 0.3 is 0 Å². The van der Waals surface area contributed by atoms with Crippen LogP contribution in [-0.4, -0.2) is 17.9 Å². The number of hydrogen-bond donors (Lipinski definition) is 1. The van der Waals surface area contributed by atoms with Crippen molar-refractivity contribution < 1.29 is 5.11 Å². The second kappa shape index (κ2) is 8.15. The molecule has 0 bridgehead atoms. The Morgan fingerprint density at radius 1 is 1.04 bits per heavy atom. The van der Waals surface area contributed by atoms with Crippen molar-refractivity contribution in [2.75, 3.05) is 7.05 Å². The Balaban J connectivity index is 2.64. The van der Waals surface area contributed by atoms with Crippen LogP contribution in [0.3, 0.4) is 0 Å². The van der Waals surface area contributed by atoms with Gasteiger partial charge in [0.25, 0.3) is 0 Å². The quantitative estimate of drug-likeness (QED) is 0.541. The summed E-state index contributed by atoms with van der Waals surface area (Å²) in [5, 5.41) is 12.1. The van der Waals surface area contributed by atoms with Crippen LogP contribution < -0.4 is 5.30 Å². The van der Waals surface area contributed by atoms with Gasteiger partial charge in [0.05, 0.1) is 0 Å². The summed E-state index contributed by atoms with van der Waals surface area (Å²) in [6.45, 7) is 10.7. The molecule has 0 amide bonds. The summed E-state index contributed by atoms with van der Waals surface area (Å²) in [6.07, 6.45) is 1.99. The minimum absolute atomic E-state index is 0.0506. The third-order valence-corrected chi connectivity index (χ3v) is 7.69. The standard InChI is InChI=1S/C22H30NOP/c1-7-22(8-2,19-14-10-11-15(3)20(19)24)25-21-16(4)12-9-13-18(21)17(5)23-6/h9-14,24-25H,7-8H2,1-6H3. The Kier molecular flexibility index (Phi) is 6.41. The Hall–Kier alpha value is -1.66. The van der Waals surface area contributed by atoms with Crippen molar-refractivity contribution in [1.82, 2.24) is 0 Å². The fourth-order valence-corrected chi connectivity index (χ4v) is 5.26. The summed E-state index contributed by atoms with van der Waals surface area (Å²) >= 11 is 0. The highest BCUT2D eigenvalue weighted by atomic mass is 31.1. The van der Waals surface area contributed by atoms with Gasteiger partial charge in [0.2, 0.25) is 0 Å². The van der Waals surface area contributed by atoms with E-state index in [2.05, 4.69) is 63.0 Å². The van der Waals surface area contributed by atoms with E-state index >= 15 is 0 Å². The maximum Gasteiger partial charge on any atom is 0.122 e. The van der Waals surface area contributed by atoms with Crippen molar-refractivity contribution in [3.05, 3.63) is 58.7 Å². The van der Waals surface area contributed by atoms with Crippen LogP contribution in [0.4, 0.5) is 0 Å². The predicted octanol–water partition coefficient (Wildman–Crippen LogP) is 5.47. The third-order valence-electron chi connectivity index (χ3n) is 5.32. The smallest absolute Gasteiger partial charge is 0.122 e. The van der Waals surface area contributed by atoms with E-state index in [9.17, 15) is 5.11 Å². The zero-order valence-corrected chi connectivity index (χ0v) is 17.3. The number of hydrogen-bond acceptors (Lipinski definition) is 2. The lowest BCUT2D eigenvalue weighted by atomic mass is 9.90. The SMILES string of the molecule is CCC(CC)(Pc1c(C)cccc1C(C)=NC)c1cccc(C)c1O. The number of aryl methyl sites for hydroxylation is 2. The molecule has 3 heteroatoms. The average Bonchev–Trinajstić information content (AvgIpc) is 2.63. The van der Waals surface area contributed by atoms with E-state index in [0.717, 1.165) is 29.7 Å². The molecule has 2 rings (SSSR count). The fourth-order valence-electron chi connectivity index (χ4n) is 3.42. The molecule has 25 heavy (non-hydrogen) atoms. The first-order valence-corrected chi connectivity index (χ1v) is 10.0. The Bertz CT molecular complexity index is 776. The molecule has 134 valence electrons. The van der Waals surface area contributed by atoms with Crippen molar-refractivity contribution in [3.8, 4) is 5.75 Å². The largest absolute Gasteiger partial charge is 0.507 e. The van der Waals surface area contributed by atoms with Crippen molar-refractivity contribution >= 4 is 19.6 Å². The monoisotopic (exact) mass is 355 g/mol. The number of phenolic OH excluding ortho intramolecular Hbond substituents is 1. The first-order chi connectivity index (χ1) is 11.9. The van der Waals surface area contributed by atoms with Gasteiger partial charge in [0.15, 0.2) is 0 Å². The fraction of sp³-hybridized carbons (Fsp3) is 0.409. The number of para-hydroxylation sites is 1. The van der Waals surface area contributed by atoms with E-state index in [4.69, 9.17) is 0 Å². The van der Waals surface area contributed by atoms with Crippen molar-refractivity contribution in [3.63, 3.8) is 0 Å². The summed E-state index contributed by atoms with van der Waals surface area (Å²) < 4.78 is 0. The Morgan fingerprint density at radius 3 is 2.24 bits per heavy atom. The third kappa shape index (κ3) is 3.80. The summed E-state index contributed by atoms with van der Waals surface area (Å²) in [5.74, 6) is 0.453. The number of aliphatic imine (C=N–C) groups is 1. The van der Waals surface area contributed by atoms with E-state index in [1.54, 1.807) is 0 Å². The number of aromatic hydroxyl groups is 1. The molecule has 2 nitrogen and oxygen atoms in total. The van der Waals surface area contributed by atoms with Crippen LogP contribution in [0.1, 0.15) is 55.9 Å². The second-order valence-corrected chi connectivity index (χ2v) is 8.40. The lowest BCUT2D eigenvalue weighted by molar-refractivity contribution is 0.444. The number of phenols is 1. The van der Waals surface area contributed by atoms with Gasteiger partial charge in [-0.25, -0.2) is 0 Å². The highest BCUT2D eigenvalue weighted by Crippen LogP contribution is 2.51. The molecule has 1 N–H and O–H groups in total. The molecule has 0 aromatic heterocycles. The van der Waals surface area contributed by atoms with Gasteiger partial charge in [-0.2, -0.15) is 0 Å². The molecule has 1 unspecified atom stereocenters. The molecule has 0 radical (unpaired) electrons. The maximum atomic E-state index is 10.7. The molecule has 2 aromatic carbocycles. The van der Waals surface area contributed by atoms with Crippen LogP contribution in [-0.2, 0) is 5.16 Å². The summed E-state index contributed by atoms with van der Waals surface area (Å²) in [7, 11) is 2.44. The van der Waals surface area contributed by atoms with Gasteiger partial charge in [-0.3, -0.25) is 4.99 Å². The van der Waals surface area contributed by atoms with Gasteiger partial charge in [-0.1, -0.05) is 58.8 Å². The van der Waals surface area contributed by atoms with E-state index in [0.29, 0.717) is 14.3 Å². The number of rotatable bonds is 6. The van der Waals surface area contributed by atoms with Gasteiger partial charge in [0.1, 0.15) is 5.75 Å². The van der Waals surface area contributed by atoms with Crippen molar-refractivity contribution in [2.24, 2.45) is 4.99 Å². The molecule has 0 spiro atoms. The maximum absolute atomic E-state index is 10.7. The molecule has 0 heterocycles. The van der Waals surface area contributed by atoms with E-state index in [-0.39, 0.29) is 5.16 Å². The molecule has 0 saturated heterocycles. The first-order valence-electron chi connectivity index (χ1n) is 9.00. The average molecular weight is 355 g/mol. The van der Waals surface area contributed by atoms with E-state index in [1.165, 1.54) is 16.4 Å². The van der Waals surface area contributed by atoms with Crippen molar-refractivity contribution in [1.29, 1.82) is 0 Å². The second-order valence-electron chi connectivity index (χ2n) is 6.69. The summed E-state index contributed by atoms with van der Waals surface area (Å²) in [5.41, 5.74) is 5.64. The molecule has 1 atom stereocenters. The number of nitrogens with zero attached hydrogens (tertiary/aromatic N) is 1. The van der Waals surface area contributed by atoms with Crippen LogP contribution >= 0.6 is 8.58 Å². The Labute approximate surface area is 154 Å². The highest BCUT2D eigenvalue weighted by molar-refractivity contribution is 7.49. The van der Waals surface area contributed by atoms with Gasteiger partial charge in [-0.05, 0) is 50.0 Å². The minimum Gasteiger partial charge on any atom is -0.507 e. The molecule has 0 aliphatic rings. The molecule has 0 saturated carbocycles. The van der Waals surface area contributed by atoms with Crippen LogP contribution in [0.5, 0.6) is 5.75 Å². The first kappa shape index (κ1) is 19.7. The predicted molar refractivity (Wildman–Crippen MR) is 112 cm³/mol. The molecule has 0 aliphatic carbocycles. The van der Waals surface area contributed by atoms with Gasteiger partial charge < -0.3 is 5.11 Å². The number of benzene rings is 2. The normalized spacial score (nSPS) is 13.0. The van der Waals surface area contributed by atoms with Crippen LogP contribution in [0, 0.1) is 13.8 Å². The molecular formula is C22H30NOP. The molecular weight excluding hydrogens is 325 g/mol. The summed E-state index contributed by atoms with van der Waals surface area (Å²) in [4.78, 5) is 4.42. The lowest BCUT2D eigenvalue weighted by Crippen LogP contribution is -2.25. The Morgan fingerprint density at radius 2 is 1.64 bits per heavy atom. The van der Waals surface area contributed by atoms with E-state index < -0.39 is 0 Å². The molecule has 0 fully saturated rings. The zero-order chi connectivity index (χ0) is 18.6. The molecule has 0 aliphatic heterocycles. The summed E-state index contributed by atoms with van der Waals surface area (Å²) in [6, 6.07) is 12.6. The van der Waals surface area contributed by atoms with Gasteiger partial charge in [0, 0.05) is 29.0 Å². The van der Waals surface area contributed by atoms with Crippen molar-refractivity contribution in [2.45, 2.75) is 52.6 Å². The zero-order valence-electron chi connectivity index (χ0n) is 16.3. The van der Waals surface area contributed by atoms with Crippen LogP contribution in [0.2, 0.25) is 0 Å². The topological polar surface area (TPSA) is 32.6 Å². The van der Waals surface area contributed by atoms with Gasteiger partial charge in [-0.15, -0.1) is 0 Å². The molecule has 2 aromatic rings. The van der Waals surface area contributed by atoms with Crippen LogP contribution in [0.15, 0.2) is 41.4 Å². The highest BCUT2D eigenvalue weighted by Gasteiger charge is 2.33.